The number of hydrogen-bond donors (Lipinski definition) is 2. The van der Waals surface area contributed by atoms with Gasteiger partial charge in [-0.25, -0.2) is 4.39 Å². The summed E-state index contributed by atoms with van der Waals surface area (Å²) in [7, 11) is 1.79. The lowest BCUT2D eigenvalue weighted by Gasteiger charge is -2.15. The molecule has 0 radical (unpaired) electrons. The Balaban J connectivity index is 1.54. The van der Waals surface area contributed by atoms with Gasteiger partial charge in [-0.15, -0.1) is 0 Å². The maximum Gasteiger partial charge on any atom is 0.190 e. The molecule has 0 spiro atoms. The summed E-state index contributed by atoms with van der Waals surface area (Å²) in [6, 6.07) is 5.24. The Labute approximate surface area is 159 Å². The third-order valence-corrected chi connectivity index (χ3v) is 5.04. The van der Waals surface area contributed by atoms with Crippen molar-refractivity contribution >= 4 is 21.9 Å². The van der Waals surface area contributed by atoms with Gasteiger partial charge in [-0.3, -0.25) is 4.99 Å². The average Bonchev–Trinajstić information content (AvgIpc) is 3.11. The first-order chi connectivity index (χ1) is 12.2. The Kier molecular flexibility index (Phi) is 9.26. The minimum atomic E-state index is -0.144. The maximum atomic E-state index is 13.8. The average molecular weight is 413 g/mol. The molecule has 0 atom stereocenters. The molecule has 0 bridgehead atoms. The molecule has 0 aliphatic carbocycles. The van der Waals surface area contributed by atoms with E-state index in [2.05, 4.69) is 36.5 Å². The molecule has 2 rings (SSSR count). The highest BCUT2D eigenvalue weighted by Gasteiger charge is 2.10. The molecule has 0 unspecified atom stereocenters. The molecule has 2 N–H and O–H groups in total. The fourth-order valence-corrected chi connectivity index (χ4v) is 3.44. The second kappa shape index (κ2) is 11.5. The van der Waals surface area contributed by atoms with Gasteiger partial charge in [-0.2, -0.15) is 0 Å². The van der Waals surface area contributed by atoms with Crippen LogP contribution in [0.1, 0.15) is 37.7 Å². The second-order valence-corrected chi connectivity index (χ2v) is 7.44. The molecule has 25 heavy (non-hydrogen) atoms. The summed E-state index contributed by atoms with van der Waals surface area (Å²) in [5.74, 6) is 0.687. The first-order valence-corrected chi connectivity index (χ1v) is 10.1. The van der Waals surface area contributed by atoms with Crippen LogP contribution in [0.25, 0.3) is 0 Å². The first-order valence-electron chi connectivity index (χ1n) is 9.30. The van der Waals surface area contributed by atoms with Crippen molar-refractivity contribution in [2.75, 3.05) is 39.8 Å². The number of unbranched alkanes of at least 4 members (excludes halogenated alkanes) is 1. The van der Waals surface area contributed by atoms with Gasteiger partial charge in [0.2, 0.25) is 0 Å². The van der Waals surface area contributed by atoms with E-state index in [9.17, 15) is 4.39 Å². The summed E-state index contributed by atoms with van der Waals surface area (Å²) >= 11 is 3.28. The molecule has 1 heterocycles. The van der Waals surface area contributed by atoms with E-state index in [1.165, 1.54) is 45.0 Å². The van der Waals surface area contributed by atoms with Crippen LogP contribution in [-0.4, -0.2) is 50.6 Å². The lowest BCUT2D eigenvalue weighted by molar-refractivity contribution is 0.330. The van der Waals surface area contributed by atoms with E-state index < -0.39 is 0 Å². The number of nitrogens with zero attached hydrogens (tertiary/aromatic N) is 2. The second-order valence-electron chi connectivity index (χ2n) is 6.52. The van der Waals surface area contributed by atoms with E-state index >= 15 is 0 Å². The van der Waals surface area contributed by atoms with Crippen LogP contribution in [0, 0.1) is 5.82 Å². The monoisotopic (exact) mass is 412 g/mol. The zero-order valence-electron chi connectivity index (χ0n) is 15.2. The van der Waals surface area contributed by atoms with Crippen molar-refractivity contribution in [3.8, 4) is 0 Å². The van der Waals surface area contributed by atoms with E-state index in [1.54, 1.807) is 7.05 Å². The molecule has 140 valence electrons. The molecular formula is C19H30BrFN4. The first kappa shape index (κ1) is 20.2. The summed E-state index contributed by atoms with van der Waals surface area (Å²) in [4.78, 5) is 6.79. The fourth-order valence-electron chi connectivity index (χ4n) is 3.10. The maximum absolute atomic E-state index is 13.8. The van der Waals surface area contributed by atoms with Crippen molar-refractivity contribution in [2.24, 2.45) is 4.99 Å². The molecule has 1 aromatic carbocycles. The summed E-state index contributed by atoms with van der Waals surface area (Å²) in [5.41, 5.74) is 0.759. The third kappa shape index (κ3) is 7.74. The van der Waals surface area contributed by atoms with Crippen molar-refractivity contribution in [1.29, 1.82) is 0 Å². The SMILES string of the molecule is CN=C(NCCCCN1CCCC1)NCCCc1ccc(Br)cc1F. The molecule has 4 nitrogen and oxygen atoms in total. The van der Waals surface area contributed by atoms with Crippen LogP contribution in [0.3, 0.4) is 0 Å². The zero-order valence-corrected chi connectivity index (χ0v) is 16.7. The highest BCUT2D eigenvalue weighted by molar-refractivity contribution is 9.10. The number of likely N-dealkylation sites (tertiary alicyclic amines) is 1. The topological polar surface area (TPSA) is 39.7 Å². The van der Waals surface area contributed by atoms with E-state index in [4.69, 9.17) is 0 Å². The van der Waals surface area contributed by atoms with Crippen molar-refractivity contribution in [2.45, 2.75) is 38.5 Å². The predicted molar refractivity (Wildman–Crippen MR) is 107 cm³/mol. The van der Waals surface area contributed by atoms with Gasteiger partial charge in [0.1, 0.15) is 5.82 Å². The van der Waals surface area contributed by atoms with Gasteiger partial charge in [0.05, 0.1) is 0 Å². The van der Waals surface area contributed by atoms with Gasteiger partial charge < -0.3 is 15.5 Å². The lowest BCUT2D eigenvalue weighted by Crippen LogP contribution is -2.38. The van der Waals surface area contributed by atoms with Crippen LogP contribution < -0.4 is 10.6 Å². The van der Waals surface area contributed by atoms with Crippen molar-refractivity contribution in [3.05, 3.63) is 34.1 Å². The number of aryl methyl sites for hydroxylation is 1. The molecule has 1 aliphatic rings. The molecule has 1 aliphatic heterocycles. The van der Waals surface area contributed by atoms with Gasteiger partial charge in [0.15, 0.2) is 5.96 Å². The van der Waals surface area contributed by atoms with Crippen LogP contribution in [0.5, 0.6) is 0 Å². The molecule has 0 saturated carbocycles. The molecule has 0 aromatic heterocycles. The number of aliphatic imine (C=N–C) groups is 1. The van der Waals surface area contributed by atoms with E-state index in [0.29, 0.717) is 0 Å². The predicted octanol–water partition coefficient (Wildman–Crippen LogP) is 3.56. The zero-order chi connectivity index (χ0) is 17.9. The summed E-state index contributed by atoms with van der Waals surface area (Å²) in [6.07, 6.45) is 6.69. The van der Waals surface area contributed by atoms with Gasteiger partial charge >= 0.3 is 0 Å². The third-order valence-electron chi connectivity index (χ3n) is 4.55. The summed E-state index contributed by atoms with van der Waals surface area (Å²) in [5, 5.41) is 6.65. The summed E-state index contributed by atoms with van der Waals surface area (Å²) in [6.45, 7) is 5.48. The van der Waals surface area contributed by atoms with E-state index in [-0.39, 0.29) is 5.82 Å². The number of nitrogens with one attached hydrogen (secondary N) is 2. The van der Waals surface area contributed by atoms with Gasteiger partial charge in [-0.1, -0.05) is 22.0 Å². The minimum Gasteiger partial charge on any atom is -0.356 e. The Morgan fingerprint density at radius 2 is 1.88 bits per heavy atom. The number of rotatable bonds is 9. The molecule has 1 fully saturated rings. The quantitative estimate of drug-likeness (QED) is 0.370. The highest BCUT2D eigenvalue weighted by Crippen LogP contribution is 2.16. The van der Waals surface area contributed by atoms with Crippen LogP contribution >= 0.6 is 15.9 Å². The Hall–Kier alpha value is -1.14. The number of guanidine groups is 1. The Morgan fingerprint density at radius 3 is 2.56 bits per heavy atom. The highest BCUT2D eigenvalue weighted by atomic mass is 79.9. The number of benzene rings is 1. The minimum absolute atomic E-state index is 0.144. The van der Waals surface area contributed by atoms with Gasteiger partial charge in [0, 0.05) is 24.6 Å². The van der Waals surface area contributed by atoms with Gasteiger partial charge in [0.25, 0.3) is 0 Å². The molecule has 1 saturated heterocycles. The van der Waals surface area contributed by atoms with Crippen molar-refractivity contribution < 1.29 is 4.39 Å². The fraction of sp³-hybridized carbons (Fsp3) is 0.632. The molecular weight excluding hydrogens is 383 g/mol. The standard InChI is InChI=1S/C19H30BrFN4/c1-22-19(23-10-2-3-12-25-13-4-5-14-25)24-11-6-7-16-8-9-17(20)15-18(16)21/h8-9,15H,2-7,10-14H2,1H3,(H2,22,23,24). The lowest BCUT2D eigenvalue weighted by atomic mass is 10.1. The number of halogens is 2. The van der Waals surface area contributed by atoms with Crippen LogP contribution in [0.2, 0.25) is 0 Å². The normalized spacial score (nSPS) is 15.6. The van der Waals surface area contributed by atoms with Crippen LogP contribution in [0.15, 0.2) is 27.7 Å². The Morgan fingerprint density at radius 1 is 1.16 bits per heavy atom. The Bertz CT molecular complexity index is 544. The molecule has 0 amide bonds. The largest absolute Gasteiger partial charge is 0.356 e. The molecule has 6 heteroatoms. The van der Waals surface area contributed by atoms with Crippen molar-refractivity contribution in [3.63, 3.8) is 0 Å². The number of hydrogen-bond acceptors (Lipinski definition) is 2. The van der Waals surface area contributed by atoms with Gasteiger partial charge in [-0.05, 0) is 75.9 Å². The molecule has 1 aromatic rings. The smallest absolute Gasteiger partial charge is 0.190 e. The van der Waals surface area contributed by atoms with E-state index in [0.717, 1.165) is 48.3 Å². The summed E-state index contributed by atoms with van der Waals surface area (Å²) < 4.78 is 14.5. The van der Waals surface area contributed by atoms with Crippen LogP contribution in [0.4, 0.5) is 4.39 Å². The van der Waals surface area contributed by atoms with Crippen LogP contribution in [-0.2, 0) is 6.42 Å². The van der Waals surface area contributed by atoms with Crippen molar-refractivity contribution in [1.82, 2.24) is 15.5 Å². The van der Waals surface area contributed by atoms with E-state index in [1.807, 2.05) is 12.1 Å².